The summed E-state index contributed by atoms with van der Waals surface area (Å²) in [5.41, 5.74) is 0.167. The Kier molecular flexibility index (Phi) is 3.54. The molecule has 164 valence electrons. The van der Waals surface area contributed by atoms with E-state index in [9.17, 15) is 9.59 Å². The Morgan fingerprint density at radius 1 is 1.13 bits per heavy atom. The lowest BCUT2D eigenvalue weighted by molar-refractivity contribution is -0.165. The van der Waals surface area contributed by atoms with Crippen LogP contribution in [0.1, 0.15) is 58.6 Å². The highest BCUT2D eigenvalue weighted by Gasteiger charge is 2.80. The third-order valence-electron chi connectivity index (χ3n) is 9.56. The normalized spacial score (nSPS) is 49.4. The van der Waals surface area contributed by atoms with Gasteiger partial charge in [-0.3, -0.25) is 4.79 Å². The van der Waals surface area contributed by atoms with Gasteiger partial charge in [0.2, 0.25) is 0 Å². The number of ether oxygens (including phenoxy) is 2. The molecule has 6 rings (SSSR count). The molecule has 0 bridgehead atoms. The van der Waals surface area contributed by atoms with Gasteiger partial charge in [0.1, 0.15) is 11.7 Å². The number of ketones is 1. The van der Waals surface area contributed by atoms with Crippen molar-refractivity contribution in [3.05, 3.63) is 48.5 Å². The molecule has 2 aliphatic heterocycles. The average Bonchev–Trinajstić information content (AvgIpc) is 3.15. The maximum absolute atomic E-state index is 12.9. The second-order valence-electron chi connectivity index (χ2n) is 11.5. The summed E-state index contributed by atoms with van der Waals surface area (Å²) in [5, 5.41) is 0. The first kappa shape index (κ1) is 19.5. The quantitative estimate of drug-likeness (QED) is 0.370. The molecule has 1 aromatic rings. The van der Waals surface area contributed by atoms with Gasteiger partial charge < -0.3 is 13.9 Å². The van der Waals surface area contributed by atoms with Crippen molar-refractivity contribution in [3.8, 4) is 0 Å². The summed E-state index contributed by atoms with van der Waals surface area (Å²) in [6.45, 7) is 13.3. The van der Waals surface area contributed by atoms with Crippen molar-refractivity contribution in [2.45, 2.75) is 64.8 Å². The number of cyclic esters (lactones) is 1. The van der Waals surface area contributed by atoms with E-state index in [1.54, 1.807) is 18.6 Å². The van der Waals surface area contributed by atoms with Gasteiger partial charge in [-0.05, 0) is 60.1 Å². The molecule has 0 radical (unpaired) electrons. The van der Waals surface area contributed by atoms with Gasteiger partial charge in [0.15, 0.2) is 11.9 Å². The average molecular weight is 423 g/mol. The van der Waals surface area contributed by atoms with E-state index in [0.29, 0.717) is 5.92 Å². The number of fused-ring (bicyclic) bond motifs is 3. The number of hydrogen-bond acceptors (Lipinski definition) is 5. The molecule has 0 aromatic carbocycles. The van der Waals surface area contributed by atoms with Gasteiger partial charge in [-0.1, -0.05) is 40.3 Å². The van der Waals surface area contributed by atoms with Crippen molar-refractivity contribution >= 4 is 11.8 Å². The lowest BCUT2D eigenvalue weighted by atomic mass is 9.55. The standard InChI is InChI=1S/C26H30O5/c1-14-18-15(12-24(4)9-7-17(27)23(2,3)19(18)24)6-10-25(5)20(16-8-11-29-13-16)30-22(28)21-26(14,25)31-21/h7-9,11,13,15,18-21H,1,6,10,12H2,2-5H3/t15-,18?,19+,20+,21-,24-,25+,26-/m1/s1. The predicted octanol–water partition coefficient (Wildman–Crippen LogP) is 4.80. The van der Waals surface area contributed by atoms with Gasteiger partial charge in [0.05, 0.1) is 12.5 Å². The minimum atomic E-state index is -0.741. The van der Waals surface area contributed by atoms with Gasteiger partial charge >= 0.3 is 5.97 Å². The topological polar surface area (TPSA) is 69.0 Å². The number of esters is 1. The van der Waals surface area contributed by atoms with Gasteiger partial charge in [0.25, 0.3) is 0 Å². The molecule has 5 nitrogen and oxygen atoms in total. The van der Waals surface area contributed by atoms with Crippen LogP contribution < -0.4 is 0 Å². The van der Waals surface area contributed by atoms with E-state index in [0.717, 1.165) is 30.4 Å². The smallest absolute Gasteiger partial charge is 0.339 e. The summed E-state index contributed by atoms with van der Waals surface area (Å²) in [5.74, 6) is 0.543. The fourth-order valence-electron chi connectivity index (χ4n) is 8.17. The van der Waals surface area contributed by atoms with Crippen LogP contribution in [0.3, 0.4) is 0 Å². The number of epoxide rings is 1. The van der Waals surface area contributed by atoms with Crippen LogP contribution in [0.5, 0.6) is 0 Å². The van der Waals surface area contributed by atoms with Crippen molar-refractivity contribution in [1.82, 2.24) is 0 Å². The highest BCUT2D eigenvalue weighted by atomic mass is 16.7. The molecule has 31 heavy (non-hydrogen) atoms. The van der Waals surface area contributed by atoms with Gasteiger partial charge in [-0.15, -0.1) is 0 Å². The second kappa shape index (κ2) is 5.61. The van der Waals surface area contributed by atoms with Gasteiger partial charge in [0, 0.05) is 16.4 Å². The molecule has 0 N–H and O–H groups in total. The van der Waals surface area contributed by atoms with E-state index >= 15 is 0 Å². The third-order valence-corrected chi connectivity index (χ3v) is 9.56. The Balaban J connectivity index is 1.49. The van der Waals surface area contributed by atoms with Crippen LogP contribution >= 0.6 is 0 Å². The van der Waals surface area contributed by atoms with Crippen LogP contribution in [-0.4, -0.2) is 23.5 Å². The molecule has 1 spiro atoms. The van der Waals surface area contributed by atoms with Crippen molar-refractivity contribution in [2.24, 2.45) is 34.0 Å². The predicted molar refractivity (Wildman–Crippen MR) is 113 cm³/mol. The zero-order valence-corrected chi connectivity index (χ0v) is 18.6. The zero-order chi connectivity index (χ0) is 22.0. The second-order valence-corrected chi connectivity index (χ2v) is 11.5. The molecule has 0 amide bonds. The summed E-state index contributed by atoms with van der Waals surface area (Å²) >= 11 is 0. The number of carbonyl (C=O) groups excluding carboxylic acids is 2. The monoisotopic (exact) mass is 422 g/mol. The maximum Gasteiger partial charge on any atom is 0.339 e. The fraction of sp³-hybridized carbons (Fsp3) is 0.615. The minimum absolute atomic E-state index is 0.0520. The van der Waals surface area contributed by atoms with E-state index < -0.39 is 28.6 Å². The van der Waals surface area contributed by atoms with Crippen LogP contribution in [0, 0.1) is 34.0 Å². The van der Waals surface area contributed by atoms with Crippen molar-refractivity contribution in [1.29, 1.82) is 0 Å². The van der Waals surface area contributed by atoms with Gasteiger partial charge in [-0.25, -0.2) is 4.79 Å². The molecule has 3 aliphatic carbocycles. The van der Waals surface area contributed by atoms with Crippen LogP contribution in [0.15, 0.2) is 47.3 Å². The number of furan rings is 1. The van der Waals surface area contributed by atoms with Crippen molar-refractivity contribution in [3.63, 3.8) is 0 Å². The summed E-state index contributed by atoms with van der Waals surface area (Å²) in [6, 6.07) is 1.87. The first-order chi connectivity index (χ1) is 14.6. The van der Waals surface area contributed by atoms with Gasteiger partial charge in [-0.2, -0.15) is 0 Å². The van der Waals surface area contributed by atoms with E-state index in [1.165, 1.54) is 0 Å². The molecule has 1 aromatic heterocycles. The Morgan fingerprint density at radius 3 is 2.61 bits per heavy atom. The Hall–Kier alpha value is -2.14. The fourth-order valence-corrected chi connectivity index (χ4v) is 8.17. The van der Waals surface area contributed by atoms with Crippen LogP contribution in [0.4, 0.5) is 0 Å². The highest BCUT2D eigenvalue weighted by molar-refractivity contribution is 5.96. The first-order valence-electron chi connectivity index (χ1n) is 11.4. The molecular formula is C26H30O5. The molecular weight excluding hydrogens is 392 g/mol. The molecule has 2 saturated carbocycles. The number of allylic oxidation sites excluding steroid dienone is 2. The van der Waals surface area contributed by atoms with Crippen molar-refractivity contribution in [2.75, 3.05) is 0 Å². The lowest BCUT2D eigenvalue weighted by Gasteiger charge is -2.48. The Bertz CT molecular complexity index is 1030. The first-order valence-corrected chi connectivity index (χ1v) is 11.4. The zero-order valence-electron chi connectivity index (χ0n) is 18.6. The van der Waals surface area contributed by atoms with Crippen LogP contribution in [-0.2, 0) is 19.1 Å². The number of rotatable bonds is 1. The SMILES string of the molecule is C=C1C2[C@H](CC[C@@]3(C)[C@H](c4ccoc4)OC(=O)[C@H]4O[C@]143)C[C@@]1(C)C=CC(=O)C(C)(C)[C@H]21. The van der Waals surface area contributed by atoms with Crippen molar-refractivity contribution < 1.29 is 23.5 Å². The molecule has 8 atom stereocenters. The highest BCUT2D eigenvalue weighted by Crippen LogP contribution is 2.74. The summed E-state index contributed by atoms with van der Waals surface area (Å²) in [7, 11) is 0. The minimum Gasteiger partial charge on any atom is -0.472 e. The molecule has 5 aliphatic rings. The van der Waals surface area contributed by atoms with Crippen LogP contribution in [0.2, 0.25) is 0 Å². The Labute approximate surface area is 182 Å². The summed E-state index contributed by atoms with van der Waals surface area (Å²) in [6.07, 6.45) is 9.07. The third kappa shape index (κ3) is 2.11. The maximum atomic E-state index is 12.9. The van der Waals surface area contributed by atoms with E-state index in [-0.39, 0.29) is 29.0 Å². The number of carbonyl (C=O) groups is 2. The molecule has 4 fully saturated rings. The summed E-state index contributed by atoms with van der Waals surface area (Å²) < 4.78 is 17.6. The molecule has 1 unspecified atom stereocenters. The van der Waals surface area contributed by atoms with E-state index in [4.69, 9.17) is 13.9 Å². The summed E-state index contributed by atoms with van der Waals surface area (Å²) in [4.78, 5) is 25.9. The van der Waals surface area contributed by atoms with E-state index in [2.05, 4.69) is 40.3 Å². The number of hydrogen-bond donors (Lipinski definition) is 0. The van der Waals surface area contributed by atoms with E-state index in [1.807, 2.05) is 6.07 Å². The Morgan fingerprint density at radius 2 is 1.90 bits per heavy atom. The van der Waals surface area contributed by atoms with Crippen LogP contribution in [0.25, 0.3) is 0 Å². The lowest BCUT2D eigenvalue weighted by Crippen LogP contribution is -2.52. The molecule has 5 heteroatoms. The molecule has 3 heterocycles. The molecule has 2 saturated heterocycles. The largest absolute Gasteiger partial charge is 0.472 e.